The first-order valence-electron chi connectivity index (χ1n) is 9.96. The third kappa shape index (κ3) is 3.54. The molecule has 2 amide bonds. The summed E-state index contributed by atoms with van der Waals surface area (Å²) in [6.07, 6.45) is 7.15. The molecular weight excluding hydrogens is 368 g/mol. The minimum Gasteiger partial charge on any atom is -0.368 e. The Hall–Kier alpha value is -3.03. The molecule has 0 saturated carbocycles. The summed E-state index contributed by atoms with van der Waals surface area (Å²) in [6.45, 7) is 3.18. The summed E-state index contributed by atoms with van der Waals surface area (Å²) in [7, 11) is 1.83. The van der Waals surface area contributed by atoms with Gasteiger partial charge in [0.05, 0.1) is 12.2 Å². The van der Waals surface area contributed by atoms with Crippen molar-refractivity contribution in [2.75, 3.05) is 31.6 Å². The van der Waals surface area contributed by atoms with Crippen molar-refractivity contribution >= 4 is 17.6 Å². The van der Waals surface area contributed by atoms with E-state index in [2.05, 4.69) is 4.98 Å². The first-order chi connectivity index (χ1) is 13.9. The Labute approximate surface area is 170 Å². The number of likely N-dealkylation sites (tertiary alicyclic amines) is 1. The number of piperidine rings is 1. The van der Waals surface area contributed by atoms with Crippen LogP contribution in [-0.2, 0) is 21.4 Å². The molecule has 1 aliphatic carbocycles. The van der Waals surface area contributed by atoms with Gasteiger partial charge in [0, 0.05) is 56.0 Å². The van der Waals surface area contributed by atoms with E-state index in [1.165, 1.54) is 0 Å². The van der Waals surface area contributed by atoms with Crippen LogP contribution in [0.4, 0.5) is 5.82 Å². The number of nitrogens with zero attached hydrogens (tertiary/aromatic N) is 5. The Morgan fingerprint density at radius 2 is 2.14 bits per heavy atom. The normalized spacial score (nSPS) is 20.6. The van der Waals surface area contributed by atoms with E-state index in [1.54, 1.807) is 24.2 Å². The fourth-order valence-electron chi connectivity index (χ4n) is 4.67. The van der Waals surface area contributed by atoms with Gasteiger partial charge in [0.1, 0.15) is 5.82 Å². The van der Waals surface area contributed by atoms with Gasteiger partial charge in [0.25, 0.3) is 0 Å². The number of aromatic nitrogens is 3. The van der Waals surface area contributed by atoms with E-state index >= 15 is 0 Å². The first-order valence-corrected chi connectivity index (χ1v) is 9.96. The van der Waals surface area contributed by atoms with Gasteiger partial charge in [-0.3, -0.25) is 14.6 Å². The smallest absolute Gasteiger partial charge is 0.236 e. The van der Waals surface area contributed by atoms with Crippen LogP contribution in [-0.4, -0.2) is 58.3 Å². The lowest BCUT2D eigenvalue weighted by atomic mass is 9.77. The number of amides is 2. The zero-order valence-electron chi connectivity index (χ0n) is 16.9. The molecule has 1 saturated heterocycles. The second kappa shape index (κ2) is 7.42. The highest BCUT2D eigenvalue weighted by Crippen LogP contribution is 2.47. The fraction of sp³-hybridized carbons (Fsp3) is 0.476. The van der Waals surface area contributed by atoms with E-state index in [-0.39, 0.29) is 17.9 Å². The molecule has 2 aliphatic rings. The Morgan fingerprint density at radius 3 is 2.83 bits per heavy atom. The van der Waals surface area contributed by atoms with Crippen molar-refractivity contribution < 1.29 is 9.59 Å². The van der Waals surface area contributed by atoms with Gasteiger partial charge in [-0.2, -0.15) is 0 Å². The maximum Gasteiger partial charge on any atom is 0.236 e. The Balaban J connectivity index is 1.84. The van der Waals surface area contributed by atoms with Gasteiger partial charge in [-0.25, -0.2) is 9.97 Å². The van der Waals surface area contributed by atoms with Crippen molar-refractivity contribution in [3.05, 3.63) is 35.8 Å². The topological polar surface area (TPSA) is 105 Å². The van der Waals surface area contributed by atoms with E-state index in [4.69, 9.17) is 15.7 Å². The molecule has 3 heterocycles. The fourth-order valence-corrected chi connectivity index (χ4v) is 4.67. The van der Waals surface area contributed by atoms with Crippen LogP contribution < -0.4 is 10.6 Å². The number of primary amides is 1. The third-order valence-electron chi connectivity index (χ3n) is 6.04. The van der Waals surface area contributed by atoms with Gasteiger partial charge in [-0.15, -0.1) is 0 Å². The maximum absolute atomic E-state index is 12.1. The summed E-state index contributed by atoms with van der Waals surface area (Å²) >= 11 is 0. The van der Waals surface area contributed by atoms with Gasteiger partial charge in [-0.1, -0.05) is 0 Å². The first kappa shape index (κ1) is 19.3. The molecule has 1 unspecified atom stereocenters. The Bertz CT molecular complexity index is 948. The van der Waals surface area contributed by atoms with E-state index < -0.39 is 5.91 Å². The van der Waals surface area contributed by atoms with E-state index in [1.807, 2.05) is 24.1 Å². The number of likely N-dealkylation sites (N-methyl/N-ethyl adjacent to an activating group) is 1. The zero-order valence-corrected chi connectivity index (χ0v) is 16.9. The highest BCUT2D eigenvalue weighted by Gasteiger charge is 2.45. The second-order valence-electron chi connectivity index (χ2n) is 8.09. The number of nitrogens with two attached hydrogens (primary N) is 1. The number of carbonyl (C=O) groups excluding carboxylic acids is 2. The summed E-state index contributed by atoms with van der Waals surface area (Å²) in [5, 5.41) is 0. The molecule has 2 aromatic heterocycles. The molecule has 8 nitrogen and oxygen atoms in total. The van der Waals surface area contributed by atoms with Crippen molar-refractivity contribution in [3.8, 4) is 11.4 Å². The Kier molecular flexibility index (Phi) is 4.94. The molecule has 2 aromatic rings. The van der Waals surface area contributed by atoms with Crippen molar-refractivity contribution in [1.29, 1.82) is 0 Å². The van der Waals surface area contributed by atoms with Gasteiger partial charge < -0.3 is 15.5 Å². The predicted octanol–water partition coefficient (Wildman–Crippen LogP) is 1.29. The van der Waals surface area contributed by atoms with Gasteiger partial charge in [0.2, 0.25) is 11.8 Å². The SMILES string of the molecule is CC(=O)N1CCCC2(CCc3c(N(C)CC(N)=O)nc(-c4cccnc4)nc32)C1. The summed E-state index contributed by atoms with van der Waals surface area (Å²) in [5.74, 6) is 1.02. The van der Waals surface area contributed by atoms with Crippen LogP contribution in [0.1, 0.15) is 37.4 Å². The molecule has 1 aliphatic heterocycles. The summed E-state index contributed by atoms with van der Waals surface area (Å²) in [5.41, 5.74) is 8.16. The van der Waals surface area contributed by atoms with Crippen molar-refractivity contribution in [2.24, 2.45) is 5.73 Å². The summed E-state index contributed by atoms with van der Waals surface area (Å²) < 4.78 is 0. The summed E-state index contributed by atoms with van der Waals surface area (Å²) in [4.78, 5) is 41.3. The van der Waals surface area contributed by atoms with E-state index in [0.717, 1.165) is 54.9 Å². The van der Waals surface area contributed by atoms with E-state index in [0.29, 0.717) is 12.4 Å². The largest absolute Gasteiger partial charge is 0.368 e. The standard InChI is InChI=1S/C21H26N6O2/c1-14(28)27-10-4-7-21(13-27)8-6-16-18(21)24-19(15-5-3-9-23-11-15)25-20(16)26(2)12-17(22)29/h3,5,9,11H,4,6-8,10,12-13H2,1-2H3,(H2,22,29). The van der Waals surface area contributed by atoms with Crippen LogP contribution in [0.5, 0.6) is 0 Å². The van der Waals surface area contributed by atoms with Crippen molar-refractivity contribution in [3.63, 3.8) is 0 Å². The van der Waals surface area contributed by atoms with Gasteiger partial charge in [-0.05, 0) is 37.8 Å². The molecule has 0 bridgehead atoms. The predicted molar refractivity (Wildman–Crippen MR) is 109 cm³/mol. The molecule has 8 heteroatoms. The minimum atomic E-state index is -0.407. The third-order valence-corrected chi connectivity index (χ3v) is 6.04. The molecule has 29 heavy (non-hydrogen) atoms. The lowest BCUT2D eigenvalue weighted by Gasteiger charge is -2.40. The molecule has 1 fully saturated rings. The van der Waals surface area contributed by atoms with Crippen LogP contribution in [0.2, 0.25) is 0 Å². The second-order valence-corrected chi connectivity index (χ2v) is 8.09. The molecule has 1 spiro atoms. The highest BCUT2D eigenvalue weighted by molar-refractivity contribution is 5.79. The van der Waals surface area contributed by atoms with Crippen LogP contribution >= 0.6 is 0 Å². The number of anilines is 1. The average molecular weight is 394 g/mol. The number of hydrogen-bond donors (Lipinski definition) is 1. The Morgan fingerprint density at radius 1 is 1.31 bits per heavy atom. The quantitative estimate of drug-likeness (QED) is 0.838. The molecule has 1 atom stereocenters. The summed E-state index contributed by atoms with van der Waals surface area (Å²) in [6, 6.07) is 3.78. The monoisotopic (exact) mass is 394 g/mol. The number of rotatable bonds is 4. The minimum absolute atomic E-state index is 0.0858. The van der Waals surface area contributed by atoms with Crippen LogP contribution in [0.15, 0.2) is 24.5 Å². The number of fused-ring (bicyclic) bond motifs is 2. The van der Waals surface area contributed by atoms with E-state index in [9.17, 15) is 9.59 Å². The van der Waals surface area contributed by atoms with Crippen LogP contribution in [0.25, 0.3) is 11.4 Å². The van der Waals surface area contributed by atoms with Gasteiger partial charge >= 0.3 is 0 Å². The number of pyridine rings is 1. The maximum atomic E-state index is 12.1. The zero-order chi connectivity index (χ0) is 20.6. The van der Waals surface area contributed by atoms with Crippen LogP contribution in [0, 0.1) is 0 Å². The molecule has 0 aromatic carbocycles. The number of hydrogen-bond acceptors (Lipinski definition) is 6. The highest BCUT2D eigenvalue weighted by atomic mass is 16.2. The van der Waals surface area contributed by atoms with Crippen molar-refractivity contribution in [1.82, 2.24) is 19.9 Å². The average Bonchev–Trinajstić information content (AvgIpc) is 3.05. The van der Waals surface area contributed by atoms with Gasteiger partial charge in [0.15, 0.2) is 5.82 Å². The van der Waals surface area contributed by atoms with Crippen molar-refractivity contribution in [2.45, 2.75) is 38.0 Å². The molecule has 152 valence electrons. The molecule has 2 N–H and O–H groups in total. The van der Waals surface area contributed by atoms with Crippen LogP contribution in [0.3, 0.4) is 0 Å². The number of carbonyl (C=O) groups is 2. The molecule has 0 radical (unpaired) electrons. The molecular formula is C21H26N6O2. The lowest BCUT2D eigenvalue weighted by molar-refractivity contribution is -0.131. The molecule has 4 rings (SSSR count). The lowest BCUT2D eigenvalue weighted by Crippen LogP contribution is -2.47.